The van der Waals surface area contributed by atoms with E-state index in [4.69, 9.17) is 4.74 Å². The van der Waals surface area contributed by atoms with Crippen LogP contribution in [0.4, 0.5) is 0 Å². The fourth-order valence-electron chi connectivity index (χ4n) is 3.96. The Labute approximate surface area is 124 Å². The van der Waals surface area contributed by atoms with Crippen molar-refractivity contribution in [3.05, 3.63) is 33.7 Å². The first kappa shape index (κ1) is 13.5. The molecule has 114 valence electrons. The van der Waals surface area contributed by atoms with Gasteiger partial charge < -0.3 is 14.6 Å². The maximum Gasteiger partial charge on any atom is 0.255 e. The molecule has 1 aromatic rings. The fraction of sp³-hybridized carbons (Fsp3) is 0.688. The zero-order chi connectivity index (χ0) is 14.2. The van der Waals surface area contributed by atoms with Gasteiger partial charge in [0.05, 0.1) is 13.2 Å². The summed E-state index contributed by atoms with van der Waals surface area (Å²) in [6.45, 7) is 7.12. The largest absolute Gasteiger partial charge is 0.379 e. The molecule has 0 aliphatic carbocycles. The maximum absolute atomic E-state index is 12.8. The molecular formula is C16H23N3O2. The van der Waals surface area contributed by atoms with Crippen molar-refractivity contribution in [1.29, 1.82) is 0 Å². The lowest BCUT2D eigenvalue weighted by Gasteiger charge is -2.37. The number of morpholine rings is 1. The molecule has 0 amide bonds. The summed E-state index contributed by atoms with van der Waals surface area (Å²) in [4.78, 5) is 15.1. The summed E-state index contributed by atoms with van der Waals surface area (Å²) in [5.41, 5.74) is 2.40. The van der Waals surface area contributed by atoms with Gasteiger partial charge in [0, 0.05) is 49.9 Å². The van der Waals surface area contributed by atoms with E-state index in [2.05, 4.69) is 26.9 Å². The molecule has 2 atom stereocenters. The van der Waals surface area contributed by atoms with Crippen molar-refractivity contribution < 1.29 is 4.74 Å². The highest BCUT2D eigenvalue weighted by atomic mass is 16.5. The molecule has 2 fully saturated rings. The summed E-state index contributed by atoms with van der Waals surface area (Å²) in [6, 6.07) is 4.24. The molecular weight excluding hydrogens is 266 g/mol. The number of ether oxygens (including phenoxy) is 1. The fourth-order valence-corrected chi connectivity index (χ4v) is 3.96. The lowest BCUT2D eigenvalue weighted by atomic mass is 9.84. The molecule has 21 heavy (non-hydrogen) atoms. The quantitative estimate of drug-likeness (QED) is 0.855. The minimum Gasteiger partial charge on any atom is -0.379 e. The summed E-state index contributed by atoms with van der Waals surface area (Å²) in [6.07, 6.45) is 1.23. The van der Waals surface area contributed by atoms with Crippen molar-refractivity contribution in [1.82, 2.24) is 14.8 Å². The lowest BCUT2D eigenvalue weighted by Crippen LogP contribution is -2.46. The van der Waals surface area contributed by atoms with E-state index in [9.17, 15) is 4.79 Å². The van der Waals surface area contributed by atoms with E-state index in [1.165, 1.54) is 12.1 Å². The van der Waals surface area contributed by atoms with Crippen LogP contribution in [0.3, 0.4) is 0 Å². The van der Waals surface area contributed by atoms with Gasteiger partial charge in [0.1, 0.15) is 0 Å². The number of piperidine rings is 1. The molecule has 0 radical (unpaired) electrons. The summed E-state index contributed by atoms with van der Waals surface area (Å²) in [7, 11) is 0. The minimum absolute atomic E-state index is 0.232. The van der Waals surface area contributed by atoms with Crippen LogP contribution in [0.1, 0.15) is 23.6 Å². The summed E-state index contributed by atoms with van der Waals surface area (Å²) < 4.78 is 7.43. The summed E-state index contributed by atoms with van der Waals surface area (Å²) in [5.74, 6) is 1.13. The van der Waals surface area contributed by atoms with Gasteiger partial charge >= 0.3 is 0 Å². The first-order chi connectivity index (χ1) is 10.3. The molecule has 4 rings (SSSR count). The average Bonchev–Trinajstić information content (AvgIpc) is 2.52. The van der Waals surface area contributed by atoms with Crippen LogP contribution in [0, 0.1) is 5.92 Å². The first-order valence-electron chi connectivity index (χ1n) is 8.04. The van der Waals surface area contributed by atoms with Crippen molar-refractivity contribution in [3.8, 4) is 0 Å². The van der Waals surface area contributed by atoms with Gasteiger partial charge in [-0.25, -0.2) is 0 Å². The normalized spacial score (nSPS) is 29.1. The van der Waals surface area contributed by atoms with Crippen molar-refractivity contribution >= 4 is 0 Å². The zero-order valence-corrected chi connectivity index (χ0v) is 12.4. The van der Waals surface area contributed by atoms with Gasteiger partial charge in [-0.05, 0) is 24.9 Å². The Kier molecular flexibility index (Phi) is 3.57. The predicted octanol–water partition coefficient (Wildman–Crippen LogP) is 0.387. The minimum atomic E-state index is 0.232. The van der Waals surface area contributed by atoms with Crippen molar-refractivity contribution in [2.45, 2.75) is 25.4 Å². The third-order valence-corrected chi connectivity index (χ3v) is 5.09. The Morgan fingerprint density at radius 3 is 2.95 bits per heavy atom. The molecule has 0 spiro atoms. The second kappa shape index (κ2) is 5.55. The highest BCUT2D eigenvalue weighted by Crippen LogP contribution is 2.31. The molecule has 0 saturated carbocycles. The van der Waals surface area contributed by atoms with Crippen LogP contribution in [0.15, 0.2) is 16.9 Å². The van der Waals surface area contributed by atoms with Crippen molar-refractivity contribution in [3.63, 3.8) is 0 Å². The first-order valence-corrected chi connectivity index (χ1v) is 8.04. The van der Waals surface area contributed by atoms with E-state index in [1.807, 2.05) is 0 Å². The Morgan fingerprint density at radius 2 is 2.10 bits per heavy atom. The second-order valence-corrected chi connectivity index (χ2v) is 6.54. The van der Waals surface area contributed by atoms with Gasteiger partial charge in [0.15, 0.2) is 0 Å². The number of fused-ring (bicyclic) bond motifs is 4. The van der Waals surface area contributed by atoms with Gasteiger partial charge in [-0.1, -0.05) is 6.07 Å². The Morgan fingerprint density at radius 1 is 1.24 bits per heavy atom. The highest BCUT2D eigenvalue weighted by molar-refractivity contribution is 5.22. The second-order valence-electron chi connectivity index (χ2n) is 6.54. The van der Waals surface area contributed by atoms with Gasteiger partial charge in [-0.3, -0.25) is 9.69 Å². The lowest BCUT2D eigenvalue weighted by molar-refractivity contribution is 0.0339. The standard InChI is InChI=1S/C16H23N3O2/c20-16-13(11-18-3-5-21-6-4-18)1-2-15-14-7-12(8-17-9-14)10-19(15)16/h1-2,12,14,17H,3-11H2/t12-,14+/m0/s1. The van der Waals surface area contributed by atoms with Crippen molar-refractivity contribution in [2.24, 2.45) is 5.92 Å². The Balaban J connectivity index is 1.62. The monoisotopic (exact) mass is 289 g/mol. The summed E-state index contributed by atoms with van der Waals surface area (Å²) in [5, 5.41) is 3.49. The number of rotatable bonds is 2. The number of hydrogen-bond acceptors (Lipinski definition) is 4. The number of pyridine rings is 1. The topological polar surface area (TPSA) is 46.5 Å². The van der Waals surface area contributed by atoms with Crippen LogP contribution >= 0.6 is 0 Å². The Bertz CT molecular complexity index is 577. The van der Waals surface area contributed by atoms with Gasteiger partial charge in [0.25, 0.3) is 5.56 Å². The number of nitrogens with zero attached hydrogens (tertiary/aromatic N) is 2. The van der Waals surface area contributed by atoms with E-state index in [0.29, 0.717) is 11.8 Å². The molecule has 2 bridgehead atoms. The molecule has 0 unspecified atom stereocenters. The number of aromatic nitrogens is 1. The van der Waals surface area contributed by atoms with E-state index in [0.717, 1.165) is 58.0 Å². The van der Waals surface area contributed by atoms with Crippen LogP contribution in [-0.2, 0) is 17.8 Å². The third-order valence-electron chi connectivity index (χ3n) is 5.09. The van der Waals surface area contributed by atoms with E-state index < -0.39 is 0 Å². The number of nitrogens with one attached hydrogen (secondary N) is 1. The van der Waals surface area contributed by atoms with Crippen LogP contribution in [0.25, 0.3) is 0 Å². The molecule has 3 aliphatic rings. The predicted molar refractivity (Wildman–Crippen MR) is 80.5 cm³/mol. The van der Waals surface area contributed by atoms with Gasteiger partial charge in [-0.15, -0.1) is 0 Å². The molecule has 1 aromatic heterocycles. The van der Waals surface area contributed by atoms with Gasteiger partial charge in [-0.2, -0.15) is 0 Å². The molecule has 1 N–H and O–H groups in total. The maximum atomic E-state index is 12.8. The third kappa shape index (κ3) is 2.54. The summed E-state index contributed by atoms with van der Waals surface area (Å²) >= 11 is 0. The highest BCUT2D eigenvalue weighted by Gasteiger charge is 2.31. The molecule has 0 aromatic carbocycles. The average molecular weight is 289 g/mol. The molecule has 2 saturated heterocycles. The molecule has 5 nitrogen and oxygen atoms in total. The molecule has 5 heteroatoms. The SMILES string of the molecule is O=c1c(CN2CCOCC2)ccc2n1C[C@@H]1CNC[C@H]2C1. The van der Waals surface area contributed by atoms with E-state index >= 15 is 0 Å². The van der Waals surface area contributed by atoms with Crippen LogP contribution in [0.2, 0.25) is 0 Å². The molecule has 4 heterocycles. The zero-order valence-electron chi connectivity index (χ0n) is 12.4. The van der Waals surface area contributed by atoms with E-state index in [-0.39, 0.29) is 5.56 Å². The Hall–Kier alpha value is -1.17. The van der Waals surface area contributed by atoms with E-state index in [1.54, 1.807) is 0 Å². The van der Waals surface area contributed by atoms with Crippen LogP contribution < -0.4 is 10.9 Å². The van der Waals surface area contributed by atoms with Crippen LogP contribution in [-0.4, -0.2) is 48.9 Å². The van der Waals surface area contributed by atoms with Gasteiger partial charge in [0.2, 0.25) is 0 Å². The van der Waals surface area contributed by atoms with Crippen molar-refractivity contribution in [2.75, 3.05) is 39.4 Å². The smallest absolute Gasteiger partial charge is 0.255 e. The number of hydrogen-bond donors (Lipinski definition) is 1. The van der Waals surface area contributed by atoms with Crippen LogP contribution in [0.5, 0.6) is 0 Å². The molecule has 3 aliphatic heterocycles.